The number of nitrogens with zero attached hydrogens (tertiary/aromatic N) is 2. The highest BCUT2D eigenvalue weighted by molar-refractivity contribution is 5.86. The van der Waals surface area contributed by atoms with Crippen molar-refractivity contribution < 1.29 is 4.79 Å². The van der Waals surface area contributed by atoms with Crippen LogP contribution in [0.1, 0.15) is 15.9 Å². The highest BCUT2D eigenvalue weighted by Gasteiger charge is 2.13. The number of aldehydes is 1. The van der Waals surface area contributed by atoms with E-state index in [0.717, 1.165) is 23.2 Å². The molecule has 3 aromatic rings. The minimum absolute atomic E-state index is 0.595. The monoisotopic (exact) mass is 262 g/mol. The molecule has 0 aliphatic carbocycles. The van der Waals surface area contributed by atoms with Crippen LogP contribution in [0.15, 0.2) is 60.8 Å². The number of carbonyl (C=O) groups is 1. The summed E-state index contributed by atoms with van der Waals surface area (Å²) in [6.07, 6.45) is 2.46. The van der Waals surface area contributed by atoms with Crippen molar-refractivity contribution in [3.8, 4) is 16.9 Å². The molecule has 98 valence electrons. The Morgan fingerprint density at radius 3 is 2.35 bits per heavy atom. The summed E-state index contributed by atoms with van der Waals surface area (Å²) in [6.45, 7) is 2.04. The number of carbonyl (C=O) groups excluding carboxylic acids is 1. The molecule has 0 aliphatic rings. The van der Waals surface area contributed by atoms with Crippen molar-refractivity contribution in [2.45, 2.75) is 6.92 Å². The van der Waals surface area contributed by atoms with Crippen LogP contribution in [0.4, 0.5) is 0 Å². The van der Waals surface area contributed by atoms with Crippen molar-refractivity contribution in [3.63, 3.8) is 0 Å². The third-order valence-electron chi connectivity index (χ3n) is 3.25. The minimum atomic E-state index is 0.595. The molecule has 0 atom stereocenters. The third kappa shape index (κ3) is 2.14. The first kappa shape index (κ1) is 12.4. The van der Waals surface area contributed by atoms with E-state index in [-0.39, 0.29) is 0 Å². The lowest BCUT2D eigenvalue weighted by Crippen LogP contribution is -1.99. The van der Waals surface area contributed by atoms with Crippen LogP contribution in [0.5, 0.6) is 0 Å². The summed E-state index contributed by atoms with van der Waals surface area (Å²) in [4.78, 5) is 11.3. The fourth-order valence-electron chi connectivity index (χ4n) is 2.21. The van der Waals surface area contributed by atoms with Crippen LogP contribution in [0.2, 0.25) is 0 Å². The highest BCUT2D eigenvalue weighted by Crippen LogP contribution is 2.25. The van der Waals surface area contributed by atoms with Crippen LogP contribution >= 0.6 is 0 Å². The zero-order valence-electron chi connectivity index (χ0n) is 11.2. The summed E-state index contributed by atoms with van der Waals surface area (Å²) in [6, 6.07) is 17.9. The molecule has 0 spiro atoms. The molecule has 3 heteroatoms. The molecular formula is C17H14N2O. The maximum absolute atomic E-state index is 11.3. The molecule has 0 bridgehead atoms. The van der Waals surface area contributed by atoms with E-state index < -0.39 is 0 Å². The van der Waals surface area contributed by atoms with Gasteiger partial charge in [-0.05, 0) is 19.1 Å². The van der Waals surface area contributed by atoms with E-state index in [4.69, 9.17) is 0 Å². The molecule has 0 radical (unpaired) electrons. The lowest BCUT2D eigenvalue weighted by molar-refractivity contribution is 0.112. The van der Waals surface area contributed by atoms with Crippen LogP contribution < -0.4 is 0 Å². The molecule has 0 aliphatic heterocycles. The Balaban J connectivity index is 2.20. The molecule has 2 aromatic carbocycles. The molecule has 0 amide bonds. The van der Waals surface area contributed by atoms with Gasteiger partial charge in [0.15, 0.2) is 6.29 Å². The molecule has 0 saturated carbocycles. The second-order valence-corrected chi connectivity index (χ2v) is 4.68. The van der Waals surface area contributed by atoms with E-state index in [9.17, 15) is 4.79 Å². The summed E-state index contributed by atoms with van der Waals surface area (Å²) in [5.74, 6) is 0. The molecule has 0 unspecified atom stereocenters. The summed E-state index contributed by atoms with van der Waals surface area (Å²) in [5, 5.41) is 4.34. The van der Waals surface area contributed by atoms with Crippen molar-refractivity contribution in [2.24, 2.45) is 0 Å². The maximum Gasteiger partial charge on any atom is 0.153 e. The number of aromatic nitrogens is 2. The van der Waals surface area contributed by atoms with E-state index in [1.54, 1.807) is 10.9 Å². The van der Waals surface area contributed by atoms with Gasteiger partial charge in [-0.1, -0.05) is 48.0 Å². The number of aryl methyl sites for hydroxylation is 1. The average Bonchev–Trinajstić information content (AvgIpc) is 2.93. The summed E-state index contributed by atoms with van der Waals surface area (Å²) in [5.41, 5.74) is 4.53. The van der Waals surface area contributed by atoms with Crippen LogP contribution in [0.3, 0.4) is 0 Å². The van der Waals surface area contributed by atoms with Crippen molar-refractivity contribution >= 4 is 6.29 Å². The van der Waals surface area contributed by atoms with Crippen molar-refractivity contribution in [1.82, 2.24) is 9.78 Å². The van der Waals surface area contributed by atoms with Gasteiger partial charge in [-0.3, -0.25) is 4.79 Å². The second-order valence-electron chi connectivity index (χ2n) is 4.68. The third-order valence-corrected chi connectivity index (χ3v) is 3.25. The number of hydrogen-bond donors (Lipinski definition) is 0. The standard InChI is InChI=1S/C17H14N2O/c1-13-7-9-14(10-8-13)17-15(12-20)11-18-19(17)16-5-3-2-4-6-16/h2-12H,1H3. The first-order valence-electron chi connectivity index (χ1n) is 6.45. The minimum Gasteiger partial charge on any atom is -0.298 e. The van der Waals surface area contributed by atoms with Gasteiger partial charge < -0.3 is 0 Å². The Kier molecular flexibility index (Phi) is 3.17. The van der Waals surface area contributed by atoms with Gasteiger partial charge in [0.25, 0.3) is 0 Å². The lowest BCUT2D eigenvalue weighted by atomic mass is 10.1. The molecule has 3 rings (SSSR count). The van der Waals surface area contributed by atoms with Gasteiger partial charge in [-0.15, -0.1) is 0 Å². The van der Waals surface area contributed by atoms with E-state index in [1.807, 2.05) is 61.5 Å². The molecule has 0 N–H and O–H groups in total. The van der Waals surface area contributed by atoms with Crippen molar-refractivity contribution in [3.05, 3.63) is 71.9 Å². The SMILES string of the molecule is Cc1ccc(-c2c(C=O)cnn2-c2ccccc2)cc1. The number of benzene rings is 2. The molecule has 1 heterocycles. The largest absolute Gasteiger partial charge is 0.298 e. The van der Waals surface area contributed by atoms with Gasteiger partial charge in [-0.2, -0.15) is 5.10 Å². The Labute approximate surface area is 117 Å². The van der Waals surface area contributed by atoms with E-state index in [0.29, 0.717) is 5.56 Å². The Morgan fingerprint density at radius 1 is 1.00 bits per heavy atom. The summed E-state index contributed by atoms with van der Waals surface area (Å²) >= 11 is 0. The fraction of sp³-hybridized carbons (Fsp3) is 0.0588. The summed E-state index contributed by atoms with van der Waals surface area (Å²) < 4.78 is 1.80. The zero-order chi connectivity index (χ0) is 13.9. The highest BCUT2D eigenvalue weighted by atomic mass is 16.1. The van der Waals surface area contributed by atoms with Gasteiger partial charge in [-0.25, -0.2) is 4.68 Å². The predicted molar refractivity (Wildman–Crippen MR) is 79.1 cm³/mol. The maximum atomic E-state index is 11.3. The Morgan fingerprint density at radius 2 is 1.70 bits per heavy atom. The molecule has 20 heavy (non-hydrogen) atoms. The van der Waals surface area contributed by atoms with Crippen LogP contribution in [-0.4, -0.2) is 16.1 Å². The number of hydrogen-bond acceptors (Lipinski definition) is 2. The zero-order valence-corrected chi connectivity index (χ0v) is 11.2. The first-order chi connectivity index (χ1) is 9.79. The van der Waals surface area contributed by atoms with Gasteiger partial charge >= 0.3 is 0 Å². The Hall–Kier alpha value is -2.68. The van der Waals surface area contributed by atoms with Gasteiger partial charge in [0.05, 0.1) is 23.1 Å². The average molecular weight is 262 g/mol. The van der Waals surface area contributed by atoms with E-state index in [1.165, 1.54) is 5.56 Å². The Bertz CT molecular complexity index is 727. The van der Waals surface area contributed by atoms with Crippen molar-refractivity contribution in [2.75, 3.05) is 0 Å². The lowest BCUT2D eigenvalue weighted by Gasteiger charge is -2.08. The van der Waals surface area contributed by atoms with Gasteiger partial charge in [0.2, 0.25) is 0 Å². The predicted octanol–water partition coefficient (Wildman–Crippen LogP) is 3.66. The van der Waals surface area contributed by atoms with Gasteiger partial charge in [0.1, 0.15) is 0 Å². The van der Waals surface area contributed by atoms with Crippen LogP contribution in [0.25, 0.3) is 16.9 Å². The quantitative estimate of drug-likeness (QED) is 0.675. The molecule has 0 fully saturated rings. The summed E-state index contributed by atoms with van der Waals surface area (Å²) in [7, 11) is 0. The second kappa shape index (κ2) is 5.13. The first-order valence-corrected chi connectivity index (χ1v) is 6.45. The van der Waals surface area contributed by atoms with Gasteiger partial charge in [0, 0.05) is 5.56 Å². The normalized spacial score (nSPS) is 10.4. The molecular weight excluding hydrogens is 248 g/mol. The van der Waals surface area contributed by atoms with Crippen molar-refractivity contribution in [1.29, 1.82) is 0 Å². The molecule has 1 aromatic heterocycles. The van der Waals surface area contributed by atoms with E-state index in [2.05, 4.69) is 5.10 Å². The topological polar surface area (TPSA) is 34.9 Å². The van der Waals surface area contributed by atoms with Crippen LogP contribution in [0, 0.1) is 6.92 Å². The fourth-order valence-corrected chi connectivity index (χ4v) is 2.21. The number of rotatable bonds is 3. The van der Waals surface area contributed by atoms with E-state index >= 15 is 0 Å². The number of para-hydroxylation sites is 1. The molecule has 0 saturated heterocycles. The smallest absolute Gasteiger partial charge is 0.153 e. The molecule has 3 nitrogen and oxygen atoms in total. The van der Waals surface area contributed by atoms with Crippen LogP contribution in [-0.2, 0) is 0 Å².